The third-order valence-electron chi connectivity index (χ3n) is 3.51. The summed E-state index contributed by atoms with van der Waals surface area (Å²) in [5, 5.41) is 0. The number of nitrogens with one attached hydrogen (secondary N) is 1. The molecule has 3 rings (SSSR count). The number of fused-ring (bicyclic) bond motifs is 1. The van der Waals surface area contributed by atoms with E-state index in [9.17, 15) is 8.42 Å². The minimum Gasteiger partial charge on any atom is -0.338 e. The summed E-state index contributed by atoms with van der Waals surface area (Å²) in [4.78, 5) is 7.97. The number of sulfone groups is 1. The van der Waals surface area contributed by atoms with Gasteiger partial charge in [-0.05, 0) is 31.5 Å². The van der Waals surface area contributed by atoms with Gasteiger partial charge in [0.2, 0.25) is 0 Å². The van der Waals surface area contributed by atoms with Gasteiger partial charge in [0, 0.05) is 11.8 Å². The van der Waals surface area contributed by atoms with E-state index in [1.165, 1.54) is 11.8 Å². The highest BCUT2D eigenvalue weighted by Gasteiger charge is 2.16. The summed E-state index contributed by atoms with van der Waals surface area (Å²) in [6.07, 6.45) is 1.20. The van der Waals surface area contributed by atoms with Crippen molar-refractivity contribution in [2.45, 2.75) is 18.7 Å². The molecule has 0 radical (unpaired) electrons. The van der Waals surface area contributed by atoms with Crippen LogP contribution in [0.4, 0.5) is 0 Å². The first-order chi connectivity index (χ1) is 9.86. The lowest BCUT2D eigenvalue weighted by molar-refractivity contribution is 0.602. The van der Waals surface area contributed by atoms with E-state index < -0.39 is 9.84 Å². The zero-order valence-corrected chi connectivity index (χ0v) is 13.0. The predicted molar refractivity (Wildman–Crippen MR) is 84.1 cm³/mol. The molecule has 0 aliphatic rings. The van der Waals surface area contributed by atoms with Crippen molar-refractivity contribution in [2.24, 2.45) is 0 Å². The molecule has 0 aliphatic heterocycles. The average molecular weight is 300 g/mol. The molecule has 0 amide bonds. The maximum absolute atomic E-state index is 11.9. The number of nitrogens with zero attached hydrogens (tertiary/aromatic N) is 1. The smallest absolute Gasteiger partial charge is 0.177 e. The van der Waals surface area contributed by atoms with Gasteiger partial charge in [0.05, 0.1) is 10.4 Å². The van der Waals surface area contributed by atoms with Crippen LogP contribution >= 0.6 is 0 Å². The van der Waals surface area contributed by atoms with Gasteiger partial charge in [0.1, 0.15) is 11.3 Å². The second-order valence-electron chi connectivity index (χ2n) is 5.33. The van der Waals surface area contributed by atoms with E-state index in [-0.39, 0.29) is 4.90 Å². The number of H-pyrrole nitrogens is 1. The Hall–Kier alpha value is -2.14. The van der Waals surface area contributed by atoms with Crippen LogP contribution in [0.2, 0.25) is 0 Å². The zero-order chi connectivity index (χ0) is 15.2. The summed E-state index contributed by atoms with van der Waals surface area (Å²) in [6.45, 7) is 4.06. The molecule has 0 saturated heterocycles. The Morgan fingerprint density at radius 3 is 2.52 bits per heavy atom. The van der Waals surface area contributed by atoms with Gasteiger partial charge in [0.25, 0.3) is 0 Å². The molecule has 1 heterocycles. The third kappa shape index (κ3) is 2.45. The summed E-state index contributed by atoms with van der Waals surface area (Å²) in [6, 6.07) is 11.3. The highest BCUT2D eigenvalue weighted by atomic mass is 32.2. The minimum absolute atomic E-state index is 0.257. The molecule has 1 aromatic heterocycles. The Kier molecular flexibility index (Phi) is 3.10. The van der Waals surface area contributed by atoms with Crippen LogP contribution in [0.25, 0.3) is 22.4 Å². The first-order valence-corrected chi connectivity index (χ1v) is 8.52. The Balaban J connectivity index is 2.27. The molecule has 108 valence electrons. The third-order valence-corrected chi connectivity index (χ3v) is 4.64. The molecule has 3 aromatic rings. The molecular formula is C16H16N2O2S. The van der Waals surface area contributed by atoms with Crippen LogP contribution in [-0.4, -0.2) is 24.6 Å². The predicted octanol–water partition coefficient (Wildman–Crippen LogP) is 3.25. The van der Waals surface area contributed by atoms with E-state index in [4.69, 9.17) is 0 Å². The van der Waals surface area contributed by atoms with E-state index in [1.807, 2.05) is 32.0 Å². The number of rotatable bonds is 2. The van der Waals surface area contributed by atoms with Crippen LogP contribution in [0.5, 0.6) is 0 Å². The fourth-order valence-electron chi connectivity index (χ4n) is 2.51. The Morgan fingerprint density at radius 2 is 1.86 bits per heavy atom. The molecule has 0 fully saturated rings. The zero-order valence-electron chi connectivity index (χ0n) is 12.1. The van der Waals surface area contributed by atoms with E-state index in [0.29, 0.717) is 11.3 Å². The molecule has 0 saturated carbocycles. The summed E-state index contributed by atoms with van der Waals surface area (Å²) >= 11 is 0. The van der Waals surface area contributed by atoms with Crippen LogP contribution in [0, 0.1) is 13.8 Å². The van der Waals surface area contributed by atoms with E-state index in [2.05, 4.69) is 16.0 Å². The van der Waals surface area contributed by atoms with Crippen molar-refractivity contribution in [3.8, 4) is 11.4 Å². The quantitative estimate of drug-likeness (QED) is 0.790. The lowest BCUT2D eigenvalue weighted by Crippen LogP contribution is -1.97. The van der Waals surface area contributed by atoms with Gasteiger partial charge >= 0.3 is 0 Å². The summed E-state index contributed by atoms with van der Waals surface area (Å²) in [5.41, 5.74) is 4.50. The van der Waals surface area contributed by atoms with Gasteiger partial charge in [-0.25, -0.2) is 13.4 Å². The van der Waals surface area contributed by atoms with E-state index in [1.54, 1.807) is 12.1 Å². The molecular weight excluding hydrogens is 284 g/mol. The van der Waals surface area contributed by atoms with E-state index in [0.717, 1.165) is 16.6 Å². The van der Waals surface area contributed by atoms with Crippen LogP contribution in [0.3, 0.4) is 0 Å². The number of aryl methyl sites for hydroxylation is 2. The van der Waals surface area contributed by atoms with Crippen molar-refractivity contribution in [1.29, 1.82) is 0 Å². The van der Waals surface area contributed by atoms with Gasteiger partial charge in [-0.3, -0.25) is 0 Å². The monoisotopic (exact) mass is 300 g/mol. The van der Waals surface area contributed by atoms with Gasteiger partial charge < -0.3 is 4.98 Å². The molecule has 0 unspecified atom stereocenters. The second-order valence-corrected chi connectivity index (χ2v) is 7.31. The molecule has 1 N–H and O–H groups in total. The first-order valence-electron chi connectivity index (χ1n) is 6.62. The average Bonchev–Trinajstić information content (AvgIpc) is 2.80. The molecule has 0 atom stereocenters. The number of aromatic nitrogens is 2. The highest BCUT2D eigenvalue weighted by Crippen LogP contribution is 2.27. The van der Waals surface area contributed by atoms with Crippen molar-refractivity contribution in [3.63, 3.8) is 0 Å². The topological polar surface area (TPSA) is 62.8 Å². The highest BCUT2D eigenvalue weighted by molar-refractivity contribution is 7.91. The Labute approximate surface area is 123 Å². The Bertz CT molecular complexity index is 940. The van der Waals surface area contributed by atoms with Gasteiger partial charge in [0.15, 0.2) is 9.84 Å². The van der Waals surface area contributed by atoms with Crippen molar-refractivity contribution in [1.82, 2.24) is 9.97 Å². The van der Waals surface area contributed by atoms with Crippen LogP contribution in [-0.2, 0) is 9.84 Å². The molecule has 0 bridgehead atoms. The minimum atomic E-state index is -3.30. The summed E-state index contributed by atoms with van der Waals surface area (Å²) in [5.74, 6) is 0.693. The number of hydrogen-bond donors (Lipinski definition) is 1. The molecule has 4 nitrogen and oxygen atoms in total. The Morgan fingerprint density at radius 1 is 1.10 bits per heavy atom. The van der Waals surface area contributed by atoms with Crippen molar-refractivity contribution in [3.05, 3.63) is 47.5 Å². The second kappa shape index (κ2) is 4.70. The first kappa shape index (κ1) is 13.8. The van der Waals surface area contributed by atoms with E-state index >= 15 is 0 Å². The van der Waals surface area contributed by atoms with Crippen LogP contribution in [0.15, 0.2) is 41.3 Å². The number of hydrogen-bond acceptors (Lipinski definition) is 3. The van der Waals surface area contributed by atoms with Crippen LogP contribution < -0.4 is 0 Å². The van der Waals surface area contributed by atoms with Crippen LogP contribution in [0.1, 0.15) is 11.1 Å². The maximum Gasteiger partial charge on any atom is 0.177 e. The molecule has 21 heavy (non-hydrogen) atoms. The number of imidazole rings is 1. The molecule has 2 aromatic carbocycles. The van der Waals surface area contributed by atoms with Gasteiger partial charge in [-0.1, -0.05) is 29.8 Å². The van der Waals surface area contributed by atoms with Crippen molar-refractivity contribution >= 4 is 20.9 Å². The normalized spacial score (nSPS) is 12.0. The maximum atomic E-state index is 11.9. The number of benzene rings is 2. The van der Waals surface area contributed by atoms with Gasteiger partial charge in [-0.15, -0.1) is 0 Å². The lowest BCUT2D eigenvalue weighted by atomic mass is 10.1. The SMILES string of the molecule is Cc1ccc(-c2nc3c(S(C)(=O)=O)cccc3[nH]2)c(C)c1. The summed E-state index contributed by atoms with van der Waals surface area (Å²) in [7, 11) is -3.30. The number of aromatic amines is 1. The largest absolute Gasteiger partial charge is 0.338 e. The lowest BCUT2D eigenvalue weighted by Gasteiger charge is -2.03. The van der Waals surface area contributed by atoms with Gasteiger partial charge in [-0.2, -0.15) is 0 Å². The van der Waals surface area contributed by atoms with Crippen molar-refractivity contribution in [2.75, 3.05) is 6.26 Å². The molecule has 0 spiro atoms. The molecule has 5 heteroatoms. The summed E-state index contributed by atoms with van der Waals surface area (Å²) < 4.78 is 23.7. The molecule has 0 aliphatic carbocycles. The van der Waals surface area contributed by atoms with Crippen molar-refractivity contribution < 1.29 is 8.42 Å². The number of para-hydroxylation sites is 1. The fraction of sp³-hybridized carbons (Fsp3) is 0.188. The standard InChI is InChI=1S/C16H16N2O2S/c1-10-7-8-12(11(2)9-10)16-17-13-5-4-6-14(15(13)18-16)21(3,19)20/h4-9H,1-3H3,(H,17,18). The fourth-order valence-corrected chi connectivity index (χ4v) is 3.34.